The van der Waals surface area contributed by atoms with Gasteiger partial charge >= 0.3 is 0 Å². The monoisotopic (exact) mass is 252 g/mol. The zero-order valence-electron chi connectivity index (χ0n) is 11.0. The van der Waals surface area contributed by atoms with E-state index in [1.807, 2.05) is 26.0 Å². The maximum atomic E-state index is 6.51. The largest absolute Gasteiger partial charge is 0.491 e. The predicted octanol–water partition coefficient (Wildman–Crippen LogP) is 4.80. The molecule has 0 aromatic heterocycles. The van der Waals surface area contributed by atoms with Gasteiger partial charge in [0.15, 0.2) is 0 Å². The minimum absolute atomic E-state index is 0.137. The second-order valence-electron chi connectivity index (χ2n) is 5.94. The van der Waals surface area contributed by atoms with Crippen LogP contribution >= 0.6 is 11.6 Å². The minimum Gasteiger partial charge on any atom is -0.491 e. The van der Waals surface area contributed by atoms with Gasteiger partial charge in [0.25, 0.3) is 0 Å². The van der Waals surface area contributed by atoms with E-state index in [1.54, 1.807) is 0 Å². The Hall–Kier alpha value is -0.690. The lowest BCUT2D eigenvalue weighted by Crippen LogP contribution is -2.05. The summed E-state index contributed by atoms with van der Waals surface area (Å²) in [6.07, 6.45) is 1.45. The Balaban J connectivity index is 2.03. The molecule has 0 spiro atoms. The maximum absolute atomic E-state index is 6.51. The molecular weight excluding hydrogens is 232 g/mol. The van der Waals surface area contributed by atoms with E-state index in [0.717, 1.165) is 5.75 Å². The highest BCUT2D eigenvalue weighted by molar-refractivity contribution is 6.21. The third kappa shape index (κ3) is 2.95. The van der Waals surface area contributed by atoms with Crippen molar-refractivity contribution in [3.05, 3.63) is 29.8 Å². The van der Waals surface area contributed by atoms with E-state index in [9.17, 15) is 0 Å². The van der Waals surface area contributed by atoms with E-state index in [0.29, 0.717) is 11.3 Å². The second kappa shape index (κ2) is 4.53. The number of alkyl halides is 1. The van der Waals surface area contributed by atoms with Crippen molar-refractivity contribution >= 4 is 11.6 Å². The lowest BCUT2D eigenvalue weighted by molar-refractivity contribution is 0.242. The zero-order valence-corrected chi connectivity index (χ0v) is 11.8. The summed E-state index contributed by atoms with van der Waals surface area (Å²) in [6, 6.07) is 8.20. The van der Waals surface area contributed by atoms with E-state index < -0.39 is 0 Å². The Labute approximate surface area is 109 Å². The summed E-state index contributed by atoms with van der Waals surface area (Å²) in [4.78, 5) is 0. The summed E-state index contributed by atoms with van der Waals surface area (Å²) in [5.74, 6) is 1.53. The first kappa shape index (κ1) is 12.8. The molecule has 0 radical (unpaired) electrons. The van der Waals surface area contributed by atoms with Gasteiger partial charge in [-0.2, -0.15) is 0 Å². The zero-order chi connectivity index (χ0) is 12.6. The molecule has 1 fully saturated rings. The van der Waals surface area contributed by atoms with Crippen molar-refractivity contribution in [1.29, 1.82) is 0 Å². The Bertz CT molecular complexity index is 380. The van der Waals surface area contributed by atoms with Crippen LogP contribution in [-0.4, -0.2) is 6.10 Å². The molecule has 2 heteroatoms. The van der Waals surface area contributed by atoms with Gasteiger partial charge in [0.05, 0.1) is 11.5 Å². The summed E-state index contributed by atoms with van der Waals surface area (Å²) in [5, 5.41) is 0.137. The summed E-state index contributed by atoms with van der Waals surface area (Å²) in [7, 11) is 0. The fourth-order valence-corrected chi connectivity index (χ4v) is 2.82. The summed E-state index contributed by atoms with van der Waals surface area (Å²) in [5.41, 5.74) is 1.62. The van der Waals surface area contributed by atoms with Crippen molar-refractivity contribution in [2.75, 3.05) is 0 Å². The molecule has 94 valence electrons. The lowest BCUT2D eigenvalue weighted by Gasteiger charge is -2.14. The second-order valence-corrected chi connectivity index (χ2v) is 6.41. The highest BCUT2D eigenvalue weighted by Gasteiger charge is 2.49. The molecule has 0 aliphatic heterocycles. The maximum Gasteiger partial charge on any atom is 0.119 e. The van der Waals surface area contributed by atoms with Gasteiger partial charge in [-0.25, -0.2) is 0 Å². The molecule has 0 heterocycles. The Morgan fingerprint density at radius 3 is 2.18 bits per heavy atom. The van der Waals surface area contributed by atoms with Crippen LogP contribution in [0, 0.1) is 11.3 Å². The Morgan fingerprint density at radius 2 is 1.76 bits per heavy atom. The molecule has 0 amide bonds. The molecule has 2 unspecified atom stereocenters. The first-order valence-electron chi connectivity index (χ1n) is 6.31. The molecular formula is C15H21ClO. The number of rotatable bonds is 4. The van der Waals surface area contributed by atoms with Crippen molar-refractivity contribution in [3.8, 4) is 5.75 Å². The first-order chi connectivity index (χ1) is 7.90. The van der Waals surface area contributed by atoms with Gasteiger partial charge in [-0.05, 0) is 49.3 Å². The molecule has 2 rings (SSSR count). The number of hydrogen-bond donors (Lipinski definition) is 0. The standard InChI is InChI=1S/C15H21ClO/c1-10(2)17-12-7-5-11(6-8-12)14(16)13-9-15(13,3)4/h5-8,10,13-14H,9H2,1-4H3. The molecule has 1 aliphatic carbocycles. The minimum atomic E-state index is 0.137. The van der Waals surface area contributed by atoms with E-state index in [4.69, 9.17) is 16.3 Å². The van der Waals surface area contributed by atoms with Crippen molar-refractivity contribution in [2.24, 2.45) is 11.3 Å². The van der Waals surface area contributed by atoms with Gasteiger partial charge in [-0.15, -0.1) is 11.6 Å². The lowest BCUT2D eigenvalue weighted by atomic mass is 10.0. The van der Waals surface area contributed by atoms with Crippen LogP contribution in [0.25, 0.3) is 0 Å². The average molecular weight is 253 g/mol. The highest BCUT2D eigenvalue weighted by Crippen LogP contribution is 2.59. The molecule has 0 saturated heterocycles. The van der Waals surface area contributed by atoms with Crippen molar-refractivity contribution in [2.45, 2.75) is 45.6 Å². The smallest absolute Gasteiger partial charge is 0.119 e. The first-order valence-corrected chi connectivity index (χ1v) is 6.74. The normalized spacial score (nSPS) is 23.5. The number of halogens is 1. The van der Waals surface area contributed by atoms with E-state index in [1.165, 1.54) is 12.0 Å². The molecule has 0 bridgehead atoms. The van der Waals surface area contributed by atoms with Crippen LogP contribution in [-0.2, 0) is 0 Å². The van der Waals surface area contributed by atoms with Crippen LogP contribution in [0.1, 0.15) is 45.1 Å². The number of benzene rings is 1. The van der Waals surface area contributed by atoms with Crippen LogP contribution in [0.2, 0.25) is 0 Å². The average Bonchev–Trinajstić information content (AvgIpc) is 2.87. The fraction of sp³-hybridized carbons (Fsp3) is 0.600. The molecule has 2 atom stereocenters. The van der Waals surface area contributed by atoms with Gasteiger partial charge in [0.2, 0.25) is 0 Å². The molecule has 1 saturated carbocycles. The Kier molecular flexibility index (Phi) is 3.40. The fourth-order valence-electron chi connectivity index (χ4n) is 2.24. The topological polar surface area (TPSA) is 9.23 Å². The van der Waals surface area contributed by atoms with Crippen LogP contribution in [0.5, 0.6) is 5.75 Å². The van der Waals surface area contributed by atoms with Gasteiger partial charge < -0.3 is 4.74 Å². The van der Waals surface area contributed by atoms with Gasteiger partial charge in [0.1, 0.15) is 5.75 Å². The van der Waals surface area contributed by atoms with Crippen LogP contribution in [0.3, 0.4) is 0 Å². The SMILES string of the molecule is CC(C)Oc1ccc(C(Cl)C2CC2(C)C)cc1. The van der Waals surface area contributed by atoms with E-state index in [2.05, 4.69) is 26.0 Å². The quantitative estimate of drug-likeness (QED) is 0.700. The van der Waals surface area contributed by atoms with Crippen LogP contribution < -0.4 is 4.74 Å². The van der Waals surface area contributed by atoms with E-state index in [-0.39, 0.29) is 11.5 Å². The van der Waals surface area contributed by atoms with Crippen LogP contribution in [0.4, 0.5) is 0 Å². The highest BCUT2D eigenvalue weighted by atomic mass is 35.5. The molecule has 0 N–H and O–H groups in total. The molecule has 1 aromatic rings. The van der Waals surface area contributed by atoms with Gasteiger partial charge in [0, 0.05) is 0 Å². The van der Waals surface area contributed by atoms with Gasteiger partial charge in [-0.1, -0.05) is 26.0 Å². The van der Waals surface area contributed by atoms with Crippen molar-refractivity contribution < 1.29 is 4.74 Å². The van der Waals surface area contributed by atoms with Crippen molar-refractivity contribution in [1.82, 2.24) is 0 Å². The summed E-state index contributed by atoms with van der Waals surface area (Å²) in [6.45, 7) is 8.63. The molecule has 1 nitrogen and oxygen atoms in total. The van der Waals surface area contributed by atoms with Gasteiger partial charge in [-0.3, -0.25) is 0 Å². The van der Waals surface area contributed by atoms with Crippen LogP contribution in [0.15, 0.2) is 24.3 Å². The van der Waals surface area contributed by atoms with Crippen molar-refractivity contribution in [3.63, 3.8) is 0 Å². The predicted molar refractivity (Wildman–Crippen MR) is 72.7 cm³/mol. The summed E-state index contributed by atoms with van der Waals surface area (Å²) >= 11 is 6.51. The molecule has 1 aliphatic rings. The molecule has 1 aromatic carbocycles. The third-order valence-electron chi connectivity index (χ3n) is 3.51. The third-order valence-corrected chi connectivity index (χ3v) is 4.07. The molecule has 17 heavy (non-hydrogen) atoms. The number of ether oxygens (including phenoxy) is 1. The Morgan fingerprint density at radius 1 is 1.24 bits per heavy atom. The summed E-state index contributed by atoms with van der Waals surface area (Å²) < 4.78 is 5.62. The van der Waals surface area contributed by atoms with E-state index >= 15 is 0 Å². The number of hydrogen-bond acceptors (Lipinski definition) is 1.